The summed E-state index contributed by atoms with van der Waals surface area (Å²) in [6.45, 7) is 11.8. The minimum atomic E-state index is -1.80. The van der Waals surface area contributed by atoms with Crippen LogP contribution in [0.1, 0.15) is 124 Å². The third-order valence-electron chi connectivity index (χ3n) is 18.2. The fourth-order valence-corrected chi connectivity index (χ4v) is 13.3. The number of amides is 12. The number of unbranched alkanes of at least 4 members (excludes halogenated alkanes) is 1. The molecule has 30 heteroatoms. The Hall–Kier alpha value is -8.74. The van der Waals surface area contributed by atoms with Crippen LogP contribution in [0.2, 0.25) is 0 Å². The lowest BCUT2D eigenvalue weighted by Crippen LogP contribution is -2.61. The summed E-state index contributed by atoms with van der Waals surface area (Å²) in [5.74, 6) is -11.1. The van der Waals surface area contributed by atoms with Crippen LogP contribution in [0.15, 0.2) is 84.5 Å². The van der Waals surface area contributed by atoms with E-state index < -0.39 is 188 Å². The molecule has 0 bridgehead atoms. The molecular weight excluding hydrogens is 1330 g/mol. The number of carboxylic acid groups (broad SMARTS) is 1. The lowest BCUT2D eigenvalue weighted by atomic mass is 9.97. The van der Waals surface area contributed by atoms with Gasteiger partial charge in [0, 0.05) is 64.8 Å². The molecule has 2 saturated heterocycles. The van der Waals surface area contributed by atoms with E-state index in [4.69, 9.17) is 0 Å². The van der Waals surface area contributed by atoms with Crippen LogP contribution in [0.3, 0.4) is 0 Å². The smallest absolute Gasteiger partial charge is 0.305 e. The summed E-state index contributed by atoms with van der Waals surface area (Å²) in [6, 6.07) is 6.67. The molecule has 0 aromatic heterocycles. The monoisotopic (exact) mass is 1440 g/mol. The average Bonchev–Trinajstić information content (AvgIpc) is 1.62. The molecule has 5 rings (SSSR count). The number of hydrogen-bond donors (Lipinski definition) is 11. The predicted molar refractivity (Wildman–Crippen MR) is 383 cm³/mol. The van der Waals surface area contributed by atoms with Crippen molar-refractivity contribution in [3.05, 3.63) is 95.6 Å². The van der Waals surface area contributed by atoms with Crippen molar-refractivity contribution in [3.63, 3.8) is 0 Å². The van der Waals surface area contributed by atoms with Gasteiger partial charge in [-0.05, 0) is 81.4 Å². The summed E-state index contributed by atoms with van der Waals surface area (Å²) in [7, 11) is 5.38. The van der Waals surface area contributed by atoms with Gasteiger partial charge in [-0.1, -0.05) is 126 Å². The number of benzene rings is 2. The van der Waals surface area contributed by atoms with Gasteiger partial charge in [0.05, 0.1) is 50.5 Å². The van der Waals surface area contributed by atoms with Crippen LogP contribution in [-0.4, -0.2) is 255 Å². The van der Waals surface area contributed by atoms with Crippen molar-refractivity contribution in [1.29, 1.82) is 0 Å². The summed E-state index contributed by atoms with van der Waals surface area (Å²) in [5, 5.41) is 53.8. The maximum atomic E-state index is 14.8. The van der Waals surface area contributed by atoms with Crippen molar-refractivity contribution in [2.75, 3.05) is 65.9 Å². The Kier molecular flexibility index (Phi) is 33.1. The van der Waals surface area contributed by atoms with Crippen molar-refractivity contribution in [1.82, 2.24) is 67.0 Å². The first-order valence-electron chi connectivity index (χ1n) is 34.9. The Labute approximate surface area is 602 Å². The second kappa shape index (κ2) is 40.2. The Balaban J connectivity index is 1.49. The zero-order valence-electron chi connectivity index (χ0n) is 60.8. The van der Waals surface area contributed by atoms with Gasteiger partial charge in [0.1, 0.15) is 48.5 Å². The standard InChI is InChI=1S/C72H107N13O16S/c1-13-14-25-55-70(100)81(9)39-58(88)77-52(36-62(92)93)66(96)80-63(44(4)5)71(101)84(12)56(35-47-23-19-16-20-24-47)68(98)74-38-60(90)85-54(30-31-72(85,7)8)67(97)73-37-57(87)76-51(33-48-26-28-49(86)29-27-48)65(95)79-50(32-43(2)3)64(94)75-45(6)41-102-42-59(89)78-53(34-46-21-17-15-18-22-46)69(99)82(10)40-61(91)83(55)11/h15-24,26-28,43-45,49-56,60,63,86,90H,13-14,25,29-42H2,1-12H3,(H,73,97)(H,74,98)(H,75,94)(H,76,87)(H,77,88)(H,78,89)(H,79,95)(H,80,96)(H,92,93)/t45-,49?,50+,51+,52+,53+,54-,55+,56+,60?,63+/m1/s1. The molecular formula is C72H107N13O16S. The van der Waals surface area contributed by atoms with E-state index in [2.05, 4.69) is 42.5 Å². The van der Waals surface area contributed by atoms with Gasteiger partial charge in [0.25, 0.3) is 0 Å². The Morgan fingerprint density at radius 1 is 0.637 bits per heavy atom. The molecule has 2 fully saturated rings. The highest BCUT2D eigenvalue weighted by molar-refractivity contribution is 8.00. The molecule has 3 aliphatic rings. The van der Waals surface area contributed by atoms with E-state index in [0.29, 0.717) is 36.0 Å². The predicted octanol–water partition coefficient (Wildman–Crippen LogP) is 0.516. The van der Waals surface area contributed by atoms with E-state index >= 15 is 0 Å². The molecule has 0 radical (unpaired) electrons. The van der Waals surface area contributed by atoms with E-state index in [1.807, 2.05) is 20.8 Å². The molecule has 2 aliphatic heterocycles. The SMILES string of the molecule is CCCC[C@H]1C(=O)N(C)CC(=O)N[C@@H](CC(=O)O)C(=O)N[C@@H](C(C)C)C(=O)N(C)[C@@H](Cc2ccccc2)C(=O)NCC(O)N2[C@H](CCC2(C)C)C(=O)NCC(=O)N[C@@H](CC2=CCC(O)C=C2)C(=O)N[C@@H](CC(C)C)C(=O)N[C@H](C)CSCC(=O)N[C@@H](Cc2ccccc2)C(=O)N(C)CC(=O)N1C. The second-order valence-corrected chi connectivity index (χ2v) is 29.1. The summed E-state index contributed by atoms with van der Waals surface area (Å²) >= 11 is 1.16. The van der Waals surface area contributed by atoms with Crippen LogP contribution in [0.5, 0.6) is 0 Å². The number of aliphatic carboxylic acids is 1. The molecule has 1 aliphatic carbocycles. The highest BCUT2D eigenvalue weighted by atomic mass is 32.2. The van der Waals surface area contributed by atoms with Crippen molar-refractivity contribution in [3.8, 4) is 0 Å². The molecule has 11 N–H and O–H groups in total. The molecule has 562 valence electrons. The fourth-order valence-electron chi connectivity index (χ4n) is 12.5. The van der Waals surface area contributed by atoms with Crippen molar-refractivity contribution >= 4 is 88.6 Å². The number of aliphatic hydroxyl groups is 2. The van der Waals surface area contributed by atoms with Crippen molar-refractivity contribution in [2.45, 2.75) is 198 Å². The van der Waals surface area contributed by atoms with Crippen LogP contribution in [0, 0.1) is 11.8 Å². The fraction of sp³-hybridized carbons (Fsp3) is 0.597. The molecule has 29 nitrogen and oxygen atoms in total. The lowest BCUT2D eigenvalue weighted by Gasteiger charge is -2.39. The first-order valence-corrected chi connectivity index (χ1v) is 36.0. The Bertz CT molecular complexity index is 3320. The quantitative estimate of drug-likeness (QED) is 0.123. The first-order chi connectivity index (χ1) is 48.1. The number of fused-ring (bicyclic) bond motifs is 1. The summed E-state index contributed by atoms with van der Waals surface area (Å²) in [6.07, 6.45) is 3.76. The maximum absolute atomic E-state index is 14.8. The first kappa shape index (κ1) is 83.9. The number of carbonyl (C=O) groups is 13. The zero-order chi connectivity index (χ0) is 75.7. The van der Waals surface area contributed by atoms with Gasteiger partial charge in [0.2, 0.25) is 70.9 Å². The molecule has 2 heterocycles. The van der Waals surface area contributed by atoms with Gasteiger partial charge in [-0.2, -0.15) is 0 Å². The molecule has 2 aromatic carbocycles. The van der Waals surface area contributed by atoms with Gasteiger partial charge in [0.15, 0.2) is 0 Å². The Morgan fingerprint density at radius 3 is 1.83 bits per heavy atom. The number of likely N-dealkylation sites (N-methyl/N-ethyl adjacent to an activating group) is 4. The zero-order valence-corrected chi connectivity index (χ0v) is 61.6. The van der Waals surface area contributed by atoms with Gasteiger partial charge in [-0.25, -0.2) is 0 Å². The number of nitrogens with zero attached hydrogens (tertiary/aromatic N) is 5. The normalized spacial score (nSPS) is 26.7. The number of allylic oxidation sites excluding steroid dienone is 1. The highest BCUT2D eigenvalue weighted by Crippen LogP contribution is 2.35. The number of thioether (sulfide) groups is 1. The van der Waals surface area contributed by atoms with Gasteiger partial charge >= 0.3 is 5.97 Å². The molecule has 0 saturated carbocycles. The van der Waals surface area contributed by atoms with E-state index in [1.165, 1.54) is 38.0 Å². The number of aliphatic hydroxyl groups excluding tert-OH is 2. The molecule has 12 amide bonds. The van der Waals surface area contributed by atoms with Crippen LogP contribution in [-0.2, 0) is 75.2 Å². The summed E-state index contributed by atoms with van der Waals surface area (Å²) in [5.41, 5.74) is 1.07. The van der Waals surface area contributed by atoms with Crippen molar-refractivity contribution in [2.24, 2.45) is 11.8 Å². The molecule has 2 aromatic rings. The summed E-state index contributed by atoms with van der Waals surface area (Å²) < 4.78 is 0. The number of carboxylic acids is 1. The van der Waals surface area contributed by atoms with E-state index in [-0.39, 0.29) is 62.4 Å². The maximum Gasteiger partial charge on any atom is 0.305 e. The third-order valence-corrected chi connectivity index (χ3v) is 19.4. The average molecular weight is 1440 g/mol. The largest absolute Gasteiger partial charge is 0.481 e. The number of rotatable bonds is 14. The highest BCUT2D eigenvalue weighted by Gasteiger charge is 2.47. The summed E-state index contributed by atoms with van der Waals surface area (Å²) in [4.78, 5) is 189. The number of carbonyl (C=O) groups excluding carboxylic acids is 12. The van der Waals surface area contributed by atoms with Gasteiger partial charge < -0.3 is 77.5 Å². The second-order valence-electron chi connectivity index (χ2n) is 28.1. The van der Waals surface area contributed by atoms with Crippen LogP contribution >= 0.6 is 11.8 Å². The third kappa shape index (κ3) is 26.0. The van der Waals surface area contributed by atoms with Crippen LogP contribution < -0.4 is 42.5 Å². The van der Waals surface area contributed by atoms with Gasteiger partial charge in [-0.3, -0.25) is 67.2 Å². The van der Waals surface area contributed by atoms with Crippen LogP contribution in [0.25, 0.3) is 0 Å². The molecule has 0 spiro atoms. The minimum Gasteiger partial charge on any atom is -0.481 e. The van der Waals surface area contributed by atoms with E-state index in [1.54, 1.807) is 114 Å². The van der Waals surface area contributed by atoms with Crippen molar-refractivity contribution < 1.29 is 77.6 Å². The molecule has 102 heavy (non-hydrogen) atoms. The minimum absolute atomic E-state index is 0.0327. The number of nitrogens with one attached hydrogen (secondary N) is 8. The molecule has 11 atom stereocenters. The van der Waals surface area contributed by atoms with Crippen LogP contribution in [0.4, 0.5) is 0 Å². The molecule has 2 unspecified atom stereocenters. The Morgan fingerprint density at radius 2 is 1.24 bits per heavy atom. The van der Waals surface area contributed by atoms with Gasteiger partial charge in [-0.15, -0.1) is 11.8 Å². The van der Waals surface area contributed by atoms with E-state index in [9.17, 15) is 77.6 Å². The lowest BCUT2D eigenvalue weighted by molar-refractivity contribution is -0.148. The number of hydrogen-bond acceptors (Lipinski definition) is 17. The number of β-amino-alcohol motifs (C(OH)–C–C–N with tert-alkyl or cyclic N) is 1. The topological polar surface area (TPSA) is 395 Å². The van der Waals surface area contributed by atoms with E-state index in [0.717, 1.165) is 26.5 Å².